The van der Waals surface area contributed by atoms with Crippen molar-refractivity contribution in [2.24, 2.45) is 11.8 Å². The first-order valence-electron chi connectivity index (χ1n) is 7.17. The number of amides is 1. The summed E-state index contributed by atoms with van der Waals surface area (Å²) in [5.74, 6) is 1.42. The van der Waals surface area contributed by atoms with E-state index in [1.54, 1.807) is 14.0 Å². The highest BCUT2D eigenvalue weighted by Gasteiger charge is 2.52. The van der Waals surface area contributed by atoms with Crippen molar-refractivity contribution in [1.82, 2.24) is 4.90 Å². The van der Waals surface area contributed by atoms with Gasteiger partial charge in [0.1, 0.15) is 5.75 Å². The first-order valence-corrected chi connectivity index (χ1v) is 7.17. The van der Waals surface area contributed by atoms with E-state index in [1.165, 1.54) is 0 Å². The molecule has 0 radical (unpaired) electrons. The van der Waals surface area contributed by atoms with Crippen molar-refractivity contribution in [1.29, 1.82) is 0 Å². The number of ether oxygens (including phenoxy) is 1. The van der Waals surface area contributed by atoms with E-state index in [9.17, 15) is 9.90 Å². The number of hydrogen-bond acceptors (Lipinski definition) is 3. The predicted octanol–water partition coefficient (Wildman–Crippen LogP) is 1.77. The molecule has 0 aromatic heterocycles. The fourth-order valence-corrected chi connectivity index (χ4v) is 3.80. The molecule has 2 fully saturated rings. The molecule has 1 aromatic carbocycles. The summed E-state index contributed by atoms with van der Waals surface area (Å²) in [6, 6.07) is 7.67. The van der Waals surface area contributed by atoms with Crippen LogP contribution in [0.2, 0.25) is 0 Å². The van der Waals surface area contributed by atoms with Gasteiger partial charge in [-0.3, -0.25) is 4.79 Å². The molecule has 1 saturated carbocycles. The van der Waals surface area contributed by atoms with Gasteiger partial charge in [-0.15, -0.1) is 0 Å². The summed E-state index contributed by atoms with van der Waals surface area (Å²) < 4.78 is 5.25. The lowest BCUT2D eigenvalue weighted by molar-refractivity contribution is -0.128. The van der Waals surface area contributed by atoms with E-state index in [-0.39, 0.29) is 11.8 Å². The lowest BCUT2D eigenvalue weighted by Gasteiger charge is -2.30. The maximum atomic E-state index is 11.5. The SMILES string of the molecule is COc1cccc([C@]2(O)CC[C@@H]3CN(C(C)=O)C[C@@H]32)c1. The Hall–Kier alpha value is -1.55. The Morgan fingerprint density at radius 2 is 2.25 bits per heavy atom. The molecular weight excluding hydrogens is 254 g/mol. The molecule has 0 bridgehead atoms. The van der Waals surface area contributed by atoms with Gasteiger partial charge in [0.25, 0.3) is 0 Å². The van der Waals surface area contributed by atoms with Gasteiger partial charge in [-0.05, 0) is 36.5 Å². The Morgan fingerprint density at radius 3 is 2.95 bits per heavy atom. The maximum absolute atomic E-state index is 11.5. The Kier molecular flexibility index (Phi) is 3.21. The Bertz CT molecular complexity index is 530. The number of fused-ring (bicyclic) bond motifs is 1. The molecule has 3 rings (SSSR count). The summed E-state index contributed by atoms with van der Waals surface area (Å²) in [6.45, 7) is 3.05. The van der Waals surface area contributed by atoms with Gasteiger partial charge in [0.2, 0.25) is 5.91 Å². The normalized spacial score (nSPS) is 32.2. The van der Waals surface area contributed by atoms with Crippen molar-refractivity contribution in [2.75, 3.05) is 20.2 Å². The van der Waals surface area contributed by atoms with Crippen LogP contribution in [0.3, 0.4) is 0 Å². The number of carbonyl (C=O) groups excluding carboxylic acids is 1. The molecule has 4 heteroatoms. The summed E-state index contributed by atoms with van der Waals surface area (Å²) in [7, 11) is 1.63. The first-order chi connectivity index (χ1) is 9.54. The number of carbonyl (C=O) groups is 1. The Labute approximate surface area is 119 Å². The van der Waals surface area contributed by atoms with Crippen LogP contribution >= 0.6 is 0 Å². The molecule has 108 valence electrons. The van der Waals surface area contributed by atoms with Crippen LogP contribution in [-0.4, -0.2) is 36.1 Å². The van der Waals surface area contributed by atoms with Crippen LogP contribution in [0.4, 0.5) is 0 Å². The number of nitrogens with zero attached hydrogens (tertiary/aromatic N) is 1. The van der Waals surface area contributed by atoms with E-state index in [2.05, 4.69) is 0 Å². The minimum Gasteiger partial charge on any atom is -0.497 e. The zero-order valence-corrected chi connectivity index (χ0v) is 12.0. The molecule has 1 aliphatic carbocycles. The van der Waals surface area contributed by atoms with Gasteiger partial charge in [0.05, 0.1) is 12.7 Å². The summed E-state index contributed by atoms with van der Waals surface area (Å²) >= 11 is 0. The summed E-state index contributed by atoms with van der Waals surface area (Å²) in [6.07, 6.45) is 1.74. The molecule has 0 spiro atoms. The molecule has 4 nitrogen and oxygen atoms in total. The van der Waals surface area contributed by atoms with Gasteiger partial charge < -0.3 is 14.7 Å². The standard InChI is InChI=1S/C16H21NO3/c1-11(18)17-9-12-6-7-16(19,15(12)10-17)13-4-3-5-14(8-13)20-2/h3-5,8,12,15,19H,6-7,9-10H2,1-2H3/t12-,15+,16-/m1/s1. The van der Waals surface area contributed by atoms with Crippen molar-refractivity contribution in [3.05, 3.63) is 29.8 Å². The Balaban J connectivity index is 1.90. The van der Waals surface area contributed by atoms with E-state index in [1.807, 2.05) is 29.2 Å². The summed E-state index contributed by atoms with van der Waals surface area (Å²) in [4.78, 5) is 13.4. The Morgan fingerprint density at radius 1 is 1.45 bits per heavy atom. The average molecular weight is 275 g/mol. The minimum absolute atomic E-state index is 0.104. The first kappa shape index (κ1) is 13.4. The molecule has 1 aromatic rings. The van der Waals surface area contributed by atoms with E-state index >= 15 is 0 Å². The second-order valence-electron chi connectivity index (χ2n) is 5.99. The second kappa shape index (κ2) is 4.77. The summed E-state index contributed by atoms with van der Waals surface area (Å²) in [5.41, 5.74) is 0.0819. The van der Waals surface area contributed by atoms with Gasteiger partial charge in [-0.2, -0.15) is 0 Å². The molecule has 20 heavy (non-hydrogen) atoms. The van der Waals surface area contributed by atoms with Crippen LogP contribution in [0.1, 0.15) is 25.3 Å². The van der Waals surface area contributed by atoms with Crippen molar-refractivity contribution >= 4 is 5.91 Å². The minimum atomic E-state index is -0.830. The molecule has 1 amide bonds. The van der Waals surface area contributed by atoms with E-state index < -0.39 is 5.60 Å². The quantitative estimate of drug-likeness (QED) is 0.895. The van der Waals surface area contributed by atoms with Crippen LogP contribution in [0.25, 0.3) is 0 Å². The predicted molar refractivity (Wildman–Crippen MR) is 75.4 cm³/mol. The third-order valence-corrected chi connectivity index (χ3v) is 4.97. The largest absolute Gasteiger partial charge is 0.497 e. The maximum Gasteiger partial charge on any atom is 0.219 e. The highest BCUT2D eigenvalue weighted by atomic mass is 16.5. The molecule has 3 atom stereocenters. The molecular formula is C16H21NO3. The lowest BCUT2D eigenvalue weighted by Crippen LogP contribution is -2.35. The van der Waals surface area contributed by atoms with Gasteiger partial charge in [0.15, 0.2) is 0 Å². The average Bonchev–Trinajstić information content (AvgIpc) is 3.01. The number of rotatable bonds is 2. The zero-order valence-electron chi connectivity index (χ0n) is 12.0. The van der Waals surface area contributed by atoms with Crippen LogP contribution in [0.15, 0.2) is 24.3 Å². The third kappa shape index (κ3) is 1.99. The highest BCUT2D eigenvalue weighted by Crippen LogP contribution is 2.50. The molecule has 1 saturated heterocycles. The van der Waals surface area contributed by atoms with E-state index in [0.717, 1.165) is 30.7 Å². The molecule has 0 unspecified atom stereocenters. The number of likely N-dealkylation sites (tertiary alicyclic amines) is 1. The van der Waals surface area contributed by atoms with Gasteiger partial charge in [-0.25, -0.2) is 0 Å². The van der Waals surface area contributed by atoms with Crippen LogP contribution in [0, 0.1) is 11.8 Å². The van der Waals surface area contributed by atoms with Crippen LogP contribution in [-0.2, 0) is 10.4 Å². The van der Waals surface area contributed by atoms with Gasteiger partial charge in [0, 0.05) is 25.9 Å². The van der Waals surface area contributed by atoms with Crippen molar-refractivity contribution < 1.29 is 14.6 Å². The highest BCUT2D eigenvalue weighted by molar-refractivity contribution is 5.73. The molecule has 1 heterocycles. The lowest BCUT2D eigenvalue weighted by atomic mass is 9.82. The van der Waals surface area contributed by atoms with E-state index in [0.29, 0.717) is 12.5 Å². The number of methoxy groups -OCH3 is 1. The van der Waals surface area contributed by atoms with Crippen LogP contribution < -0.4 is 4.74 Å². The van der Waals surface area contributed by atoms with Crippen LogP contribution in [0.5, 0.6) is 5.75 Å². The fraction of sp³-hybridized carbons (Fsp3) is 0.562. The fourth-order valence-electron chi connectivity index (χ4n) is 3.80. The number of aliphatic hydroxyl groups is 1. The molecule has 1 N–H and O–H groups in total. The number of benzene rings is 1. The smallest absolute Gasteiger partial charge is 0.219 e. The molecule has 1 aliphatic heterocycles. The monoisotopic (exact) mass is 275 g/mol. The second-order valence-corrected chi connectivity index (χ2v) is 5.99. The zero-order chi connectivity index (χ0) is 14.3. The molecule has 2 aliphatic rings. The van der Waals surface area contributed by atoms with Crippen molar-refractivity contribution in [3.8, 4) is 5.75 Å². The van der Waals surface area contributed by atoms with Gasteiger partial charge in [-0.1, -0.05) is 12.1 Å². The third-order valence-electron chi connectivity index (χ3n) is 4.97. The van der Waals surface area contributed by atoms with Crippen molar-refractivity contribution in [2.45, 2.75) is 25.4 Å². The summed E-state index contributed by atoms with van der Waals surface area (Å²) in [5, 5.41) is 11.2. The van der Waals surface area contributed by atoms with E-state index in [4.69, 9.17) is 4.74 Å². The van der Waals surface area contributed by atoms with Crippen molar-refractivity contribution in [3.63, 3.8) is 0 Å². The van der Waals surface area contributed by atoms with Gasteiger partial charge >= 0.3 is 0 Å². The topological polar surface area (TPSA) is 49.8 Å². The number of hydrogen-bond donors (Lipinski definition) is 1.